The lowest BCUT2D eigenvalue weighted by atomic mass is 9.77. The zero-order chi connectivity index (χ0) is 19.9. The van der Waals surface area contributed by atoms with Crippen LogP contribution in [-0.2, 0) is 0 Å². The average molecular weight is 390 g/mol. The molecule has 0 N–H and O–H groups in total. The molecule has 0 radical (unpaired) electrons. The molecule has 0 saturated heterocycles. The minimum absolute atomic E-state index is 0.425. The summed E-state index contributed by atoms with van der Waals surface area (Å²) in [6, 6.07) is 12.3. The Morgan fingerprint density at radius 1 is 0.929 bits per heavy atom. The fourth-order valence-corrected chi connectivity index (χ4v) is 4.29. The zero-order valence-corrected chi connectivity index (χ0v) is 16.5. The first-order valence-corrected chi connectivity index (χ1v) is 10.4. The number of unbranched alkanes of at least 4 members (excludes halogenated alkanes) is 2. The van der Waals surface area contributed by atoms with Gasteiger partial charge in [0.2, 0.25) is 0 Å². The van der Waals surface area contributed by atoms with E-state index in [1.165, 1.54) is 69.1 Å². The van der Waals surface area contributed by atoms with E-state index in [0.717, 1.165) is 11.5 Å². The highest BCUT2D eigenvalue weighted by molar-refractivity contribution is 5.64. The lowest BCUT2D eigenvalue weighted by molar-refractivity contribution is -0.0521. The van der Waals surface area contributed by atoms with Crippen LogP contribution in [0, 0.1) is 11.7 Å². The normalized spacial score (nSPS) is 19.8. The monoisotopic (exact) mass is 390 g/mol. The second kappa shape index (κ2) is 9.99. The summed E-state index contributed by atoms with van der Waals surface area (Å²) in [5.74, 6) is 0.295. The van der Waals surface area contributed by atoms with E-state index in [1.807, 2.05) is 12.1 Å². The van der Waals surface area contributed by atoms with Crippen molar-refractivity contribution >= 4 is 0 Å². The fraction of sp³-hybridized carbons (Fsp3) is 0.500. The molecule has 1 saturated carbocycles. The third-order valence-electron chi connectivity index (χ3n) is 5.93. The molecule has 0 aliphatic heterocycles. The molecule has 2 aromatic carbocycles. The van der Waals surface area contributed by atoms with Gasteiger partial charge in [-0.3, -0.25) is 0 Å². The Kier molecular flexibility index (Phi) is 7.41. The van der Waals surface area contributed by atoms with E-state index >= 15 is 0 Å². The van der Waals surface area contributed by atoms with Gasteiger partial charge in [-0.05, 0) is 66.3 Å². The van der Waals surface area contributed by atoms with E-state index in [1.54, 1.807) is 6.07 Å². The molecule has 0 aromatic heterocycles. The molecule has 3 rings (SSSR count). The largest absolute Gasteiger partial charge is 0.432 e. The Balaban J connectivity index is 1.59. The van der Waals surface area contributed by atoms with Crippen molar-refractivity contribution < 1.29 is 17.9 Å². The molecule has 0 spiro atoms. The van der Waals surface area contributed by atoms with Gasteiger partial charge in [0.25, 0.3) is 0 Å². The quantitative estimate of drug-likeness (QED) is 0.416. The third kappa shape index (κ3) is 5.52. The molecular weight excluding hydrogens is 361 g/mol. The van der Waals surface area contributed by atoms with Crippen molar-refractivity contribution in [3.63, 3.8) is 0 Å². The minimum atomic E-state index is -3.03. The maximum atomic E-state index is 14.0. The Hall–Kier alpha value is -1.97. The predicted octanol–water partition coefficient (Wildman–Crippen LogP) is 7.95. The van der Waals surface area contributed by atoms with Crippen LogP contribution in [0.3, 0.4) is 0 Å². The molecular formula is C24H29F3O. The summed E-state index contributed by atoms with van der Waals surface area (Å²) < 4.78 is 42.6. The summed E-state index contributed by atoms with van der Waals surface area (Å²) >= 11 is 0. The van der Waals surface area contributed by atoms with Crippen molar-refractivity contribution in [2.75, 3.05) is 0 Å². The first kappa shape index (κ1) is 20.8. The number of ether oxygens (including phenoxy) is 1. The molecule has 1 aliphatic rings. The molecule has 4 heteroatoms. The van der Waals surface area contributed by atoms with Crippen molar-refractivity contribution in [1.82, 2.24) is 0 Å². The first-order chi connectivity index (χ1) is 13.6. The van der Waals surface area contributed by atoms with Gasteiger partial charge in [-0.25, -0.2) is 4.39 Å². The second-order valence-electron chi connectivity index (χ2n) is 7.86. The minimum Gasteiger partial charge on any atom is -0.432 e. The van der Waals surface area contributed by atoms with Gasteiger partial charge in [0.15, 0.2) is 11.6 Å². The van der Waals surface area contributed by atoms with Gasteiger partial charge in [-0.1, -0.05) is 62.9 Å². The molecule has 1 aliphatic carbocycles. The number of alkyl halides is 2. The number of halogens is 3. The van der Waals surface area contributed by atoms with Crippen LogP contribution in [0.1, 0.15) is 69.8 Å². The van der Waals surface area contributed by atoms with Crippen LogP contribution in [0.25, 0.3) is 11.1 Å². The zero-order valence-electron chi connectivity index (χ0n) is 16.5. The van der Waals surface area contributed by atoms with Gasteiger partial charge in [0.1, 0.15) is 0 Å². The number of hydrogen-bond donors (Lipinski definition) is 0. The Morgan fingerprint density at radius 3 is 2.21 bits per heavy atom. The highest BCUT2D eigenvalue weighted by atomic mass is 19.3. The van der Waals surface area contributed by atoms with E-state index < -0.39 is 18.2 Å². The van der Waals surface area contributed by atoms with Crippen LogP contribution in [0.2, 0.25) is 0 Å². The van der Waals surface area contributed by atoms with E-state index in [2.05, 4.69) is 23.8 Å². The molecule has 0 atom stereocenters. The molecule has 0 bridgehead atoms. The molecule has 0 amide bonds. The molecule has 1 fully saturated rings. The van der Waals surface area contributed by atoms with Gasteiger partial charge < -0.3 is 4.74 Å². The van der Waals surface area contributed by atoms with E-state index in [4.69, 9.17) is 0 Å². The van der Waals surface area contributed by atoms with Crippen LogP contribution < -0.4 is 4.74 Å². The Morgan fingerprint density at radius 2 is 1.61 bits per heavy atom. The van der Waals surface area contributed by atoms with E-state index in [0.29, 0.717) is 11.5 Å². The summed E-state index contributed by atoms with van der Waals surface area (Å²) in [4.78, 5) is 0. The van der Waals surface area contributed by atoms with Crippen LogP contribution in [0.4, 0.5) is 13.2 Å². The van der Waals surface area contributed by atoms with Crippen molar-refractivity contribution in [3.05, 3.63) is 53.8 Å². The lowest BCUT2D eigenvalue weighted by Crippen LogP contribution is -2.13. The van der Waals surface area contributed by atoms with Crippen LogP contribution in [0.15, 0.2) is 42.5 Å². The third-order valence-corrected chi connectivity index (χ3v) is 5.93. The maximum Gasteiger partial charge on any atom is 0.387 e. The molecule has 0 heterocycles. The highest BCUT2D eigenvalue weighted by Crippen LogP contribution is 2.38. The summed E-state index contributed by atoms with van der Waals surface area (Å²) in [6.45, 7) is -0.776. The van der Waals surface area contributed by atoms with Crippen LogP contribution >= 0.6 is 0 Å². The SMILES string of the molecule is CCCCC[C@H]1CC[C@H](c2ccc(-c3ccc(OC(F)F)c(F)c3)cc2)CC1. The van der Waals surface area contributed by atoms with E-state index in [-0.39, 0.29) is 0 Å². The van der Waals surface area contributed by atoms with Crippen molar-refractivity contribution in [1.29, 1.82) is 0 Å². The van der Waals surface area contributed by atoms with Gasteiger partial charge in [0, 0.05) is 0 Å². The second-order valence-corrected chi connectivity index (χ2v) is 7.86. The lowest BCUT2D eigenvalue weighted by Gasteiger charge is -2.29. The molecule has 1 nitrogen and oxygen atoms in total. The Labute approximate surface area is 165 Å². The molecule has 2 aromatic rings. The molecule has 0 unspecified atom stereocenters. The van der Waals surface area contributed by atoms with Crippen molar-refractivity contribution in [2.24, 2.45) is 5.92 Å². The van der Waals surface area contributed by atoms with Crippen LogP contribution in [0.5, 0.6) is 5.75 Å². The maximum absolute atomic E-state index is 14.0. The van der Waals surface area contributed by atoms with Gasteiger partial charge in [-0.15, -0.1) is 0 Å². The Bertz CT molecular complexity index is 734. The van der Waals surface area contributed by atoms with Gasteiger partial charge in [0.05, 0.1) is 0 Å². The summed E-state index contributed by atoms with van der Waals surface area (Å²) in [6.07, 6.45) is 10.5. The molecule has 28 heavy (non-hydrogen) atoms. The fourth-order valence-electron chi connectivity index (χ4n) is 4.29. The summed E-state index contributed by atoms with van der Waals surface area (Å²) in [5.41, 5.74) is 2.87. The summed E-state index contributed by atoms with van der Waals surface area (Å²) in [7, 11) is 0. The predicted molar refractivity (Wildman–Crippen MR) is 107 cm³/mol. The summed E-state index contributed by atoms with van der Waals surface area (Å²) in [5, 5.41) is 0. The van der Waals surface area contributed by atoms with E-state index in [9.17, 15) is 13.2 Å². The van der Waals surface area contributed by atoms with Crippen molar-refractivity contribution in [3.8, 4) is 16.9 Å². The number of hydrogen-bond acceptors (Lipinski definition) is 1. The van der Waals surface area contributed by atoms with Crippen molar-refractivity contribution in [2.45, 2.75) is 70.8 Å². The average Bonchev–Trinajstić information content (AvgIpc) is 2.70. The van der Waals surface area contributed by atoms with Gasteiger partial charge >= 0.3 is 6.61 Å². The standard InChI is InChI=1S/C24H29F3O/c1-2-3-4-5-17-6-8-18(9-7-17)19-10-12-20(13-11-19)21-14-15-23(22(25)16-21)28-24(26)27/h10-18,24H,2-9H2,1H3/t17-,18-. The van der Waals surface area contributed by atoms with Crippen LogP contribution in [-0.4, -0.2) is 6.61 Å². The topological polar surface area (TPSA) is 9.23 Å². The smallest absolute Gasteiger partial charge is 0.387 e. The number of rotatable bonds is 8. The first-order valence-electron chi connectivity index (χ1n) is 10.4. The van der Waals surface area contributed by atoms with Gasteiger partial charge in [-0.2, -0.15) is 8.78 Å². The molecule has 152 valence electrons. The highest BCUT2D eigenvalue weighted by Gasteiger charge is 2.22. The number of benzene rings is 2.